The first-order chi connectivity index (χ1) is 7.79. The Hall–Kier alpha value is -0.900. The molecule has 0 aromatic carbocycles. The molecule has 17 heavy (non-hydrogen) atoms. The van der Waals surface area contributed by atoms with Crippen molar-refractivity contribution in [2.45, 2.75) is 39.7 Å². The summed E-state index contributed by atoms with van der Waals surface area (Å²) >= 11 is 1.76. The van der Waals surface area contributed by atoms with Crippen LogP contribution in [-0.2, 0) is 12.0 Å². The summed E-state index contributed by atoms with van der Waals surface area (Å²) in [5, 5.41) is 11.1. The molecule has 0 atom stereocenters. The number of hydrogen-bond acceptors (Lipinski definition) is 3. The molecule has 0 bridgehead atoms. The van der Waals surface area contributed by atoms with Gasteiger partial charge in [-0.25, -0.2) is 0 Å². The smallest absolute Gasteiger partial charge is 0.0733 e. The second-order valence-electron chi connectivity index (χ2n) is 5.21. The summed E-state index contributed by atoms with van der Waals surface area (Å²) in [5.41, 5.74) is 2.11. The molecular formula is C13H20NO2S-. The minimum atomic E-state index is -1.09. The lowest BCUT2D eigenvalue weighted by Gasteiger charge is -2.22. The Balaban J connectivity index is 3.27. The van der Waals surface area contributed by atoms with Gasteiger partial charge in [0.2, 0.25) is 0 Å². The Morgan fingerprint density at radius 2 is 2.06 bits per heavy atom. The number of carbonyl (C=O) groups excluding carboxylic acids is 1. The van der Waals surface area contributed by atoms with Crippen LogP contribution in [0.3, 0.4) is 0 Å². The maximum Gasteiger partial charge on any atom is 0.0733 e. The number of aromatic carboxylic acids is 1. The van der Waals surface area contributed by atoms with Crippen LogP contribution in [0.15, 0.2) is 6.07 Å². The Morgan fingerprint density at radius 1 is 1.47 bits per heavy atom. The van der Waals surface area contributed by atoms with Crippen LogP contribution in [0.1, 0.15) is 42.5 Å². The van der Waals surface area contributed by atoms with Gasteiger partial charge in [-0.15, -0.1) is 0 Å². The van der Waals surface area contributed by atoms with E-state index in [-0.39, 0.29) is 5.41 Å². The van der Waals surface area contributed by atoms with E-state index < -0.39 is 5.97 Å². The first-order valence-electron chi connectivity index (χ1n) is 5.70. The minimum absolute atomic E-state index is 0.0587. The monoisotopic (exact) mass is 254 g/mol. The Morgan fingerprint density at radius 3 is 2.47 bits per heavy atom. The second-order valence-corrected chi connectivity index (χ2v) is 6.20. The lowest BCUT2D eigenvalue weighted by molar-refractivity contribution is -0.255. The van der Waals surface area contributed by atoms with Gasteiger partial charge in [-0.2, -0.15) is 11.8 Å². The van der Waals surface area contributed by atoms with Crippen LogP contribution >= 0.6 is 11.8 Å². The molecule has 0 unspecified atom stereocenters. The number of carbonyl (C=O) groups is 1. The van der Waals surface area contributed by atoms with Gasteiger partial charge in [0.05, 0.1) is 5.97 Å². The molecule has 0 fully saturated rings. The van der Waals surface area contributed by atoms with Crippen molar-refractivity contribution in [2.75, 3.05) is 12.0 Å². The summed E-state index contributed by atoms with van der Waals surface area (Å²) in [5.74, 6) is -0.110. The molecule has 1 rings (SSSR count). The zero-order valence-electron chi connectivity index (χ0n) is 11.2. The van der Waals surface area contributed by atoms with Gasteiger partial charge in [0.15, 0.2) is 0 Å². The summed E-state index contributed by atoms with van der Waals surface area (Å²) in [6, 6.07) is 1.75. The Labute approximate surface area is 107 Å². The van der Waals surface area contributed by atoms with E-state index in [0.29, 0.717) is 5.56 Å². The third kappa shape index (κ3) is 3.06. The zero-order valence-corrected chi connectivity index (χ0v) is 12.0. The van der Waals surface area contributed by atoms with Gasteiger partial charge >= 0.3 is 0 Å². The van der Waals surface area contributed by atoms with Gasteiger partial charge in [0, 0.05) is 34.7 Å². The first-order valence-corrected chi connectivity index (χ1v) is 7.09. The zero-order chi connectivity index (χ0) is 13.2. The van der Waals surface area contributed by atoms with Crippen LogP contribution in [-0.4, -0.2) is 22.5 Å². The molecule has 4 heteroatoms. The van der Waals surface area contributed by atoms with Crippen LogP contribution in [0.4, 0.5) is 0 Å². The molecule has 0 spiro atoms. The average molecular weight is 254 g/mol. The number of aromatic nitrogens is 1. The predicted octanol–water partition coefficient (Wildman–Crippen LogP) is 1.82. The van der Waals surface area contributed by atoms with Gasteiger partial charge in [0.25, 0.3) is 0 Å². The Kier molecular flexibility index (Phi) is 4.31. The molecular weight excluding hydrogens is 234 g/mol. The molecule has 0 amide bonds. The molecule has 1 heterocycles. The quantitative estimate of drug-likeness (QED) is 0.823. The minimum Gasteiger partial charge on any atom is -0.545 e. The van der Waals surface area contributed by atoms with Crippen LogP contribution < -0.4 is 5.11 Å². The molecule has 96 valence electrons. The number of rotatable bonds is 4. The lowest BCUT2D eigenvalue weighted by atomic mass is 9.92. The predicted molar refractivity (Wildman–Crippen MR) is 70.6 cm³/mol. The van der Waals surface area contributed by atoms with Crippen molar-refractivity contribution >= 4 is 17.7 Å². The normalized spacial score (nSPS) is 11.8. The standard InChI is InChI=1S/C13H21NO2S/c1-9-10(12(15)16)8-11(13(2,3)4)14(9)6-7-17-5/h8H,6-7H2,1-5H3,(H,15,16)/p-1. The molecule has 1 aromatic heterocycles. The lowest BCUT2D eigenvalue weighted by Crippen LogP contribution is -2.23. The van der Waals surface area contributed by atoms with Crippen LogP contribution in [0.2, 0.25) is 0 Å². The van der Waals surface area contributed by atoms with Crippen molar-refractivity contribution in [3.63, 3.8) is 0 Å². The van der Waals surface area contributed by atoms with Crippen molar-refractivity contribution in [2.24, 2.45) is 0 Å². The van der Waals surface area contributed by atoms with E-state index in [4.69, 9.17) is 0 Å². The molecule has 0 aliphatic heterocycles. The third-order valence-electron chi connectivity index (χ3n) is 2.87. The number of carboxylic acid groups (broad SMARTS) is 1. The maximum absolute atomic E-state index is 11.1. The molecule has 0 radical (unpaired) electrons. The van der Waals surface area contributed by atoms with E-state index in [1.54, 1.807) is 17.8 Å². The highest BCUT2D eigenvalue weighted by Gasteiger charge is 2.22. The van der Waals surface area contributed by atoms with E-state index >= 15 is 0 Å². The summed E-state index contributed by atoms with van der Waals surface area (Å²) in [6.07, 6.45) is 2.05. The molecule has 0 N–H and O–H groups in total. The van der Waals surface area contributed by atoms with E-state index in [9.17, 15) is 9.90 Å². The number of thioether (sulfide) groups is 1. The number of hydrogen-bond donors (Lipinski definition) is 0. The molecule has 3 nitrogen and oxygen atoms in total. The van der Waals surface area contributed by atoms with Gasteiger partial charge in [-0.05, 0) is 19.2 Å². The van der Waals surface area contributed by atoms with Crippen LogP contribution in [0.5, 0.6) is 0 Å². The van der Waals surface area contributed by atoms with Crippen molar-refractivity contribution in [1.29, 1.82) is 0 Å². The van der Waals surface area contributed by atoms with E-state index in [0.717, 1.165) is 23.7 Å². The largest absolute Gasteiger partial charge is 0.545 e. The highest BCUT2D eigenvalue weighted by molar-refractivity contribution is 7.98. The molecule has 1 aromatic rings. The van der Waals surface area contributed by atoms with E-state index in [2.05, 4.69) is 31.6 Å². The number of carboxylic acids is 1. The highest BCUT2D eigenvalue weighted by atomic mass is 32.2. The van der Waals surface area contributed by atoms with E-state index in [1.807, 2.05) is 6.92 Å². The van der Waals surface area contributed by atoms with Crippen molar-refractivity contribution in [3.05, 3.63) is 23.0 Å². The van der Waals surface area contributed by atoms with Gasteiger partial charge in [-0.3, -0.25) is 0 Å². The molecule has 0 saturated heterocycles. The fourth-order valence-electron chi connectivity index (χ4n) is 1.94. The van der Waals surface area contributed by atoms with Crippen LogP contribution in [0, 0.1) is 6.92 Å². The van der Waals surface area contributed by atoms with Gasteiger partial charge in [-0.1, -0.05) is 20.8 Å². The molecule has 0 aliphatic rings. The third-order valence-corrected chi connectivity index (χ3v) is 3.46. The summed E-state index contributed by atoms with van der Waals surface area (Å²) in [6.45, 7) is 8.97. The van der Waals surface area contributed by atoms with Crippen molar-refractivity contribution in [1.82, 2.24) is 4.57 Å². The molecule has 0 aliphatic carbocycles. The molecule has 0 saturated carbocycles. The van der Waals surface area contributed by atoms with Gasteiger partial charge in [0.1, 0.15) is 0 Å². The van der Waals surface area contributed by atoms with Crippen LogP contribution in [0.25, 0.3) is 0 Å². The highest BCUT2D eigenvalue weighted by Crippen LogP contribution is 2.27. The maximum atomic E-state index is 11.1. The van der Waals surface area contributed by atoms with Crippen molar-refractivity contribution < 1.29 is 9.90 Å². The SMILES string of the molecule is CSCCn1c(C(C)(C)C)cc(C(=O)[O-])c1C. The Bertz CT molecular complexity index is 416. The average Bonchev–Trinajstić information content (AvgIpc) is 2.52. The van der Waals surface area contributed by atoms with Gasteiger partial charge < -0.3 is 14.5 Å². The topological polar surface area (TPSA) is 45.1 Å². The first kappa shape index (κ1) is 14.2. The fraction of sp³-hybridized carbons (Fsp3) is 0.615. The summed E-state index contributed by atoms with van der Waals surface area (Å²) in [7, 11) is 0. The van der Waals surface area contributed by atoms with E-state index in [1.165, 1.54) is 0 Å². The number of nitrogens with zero attached hydrogens (tertiary/aromatic N) is 1. The second kappa shape index (κ2) is 5.17. The summed E-state index contributed by atoms with van der Waals surface area (Å²) < 4.78 is 2.10. The van der Waals surface area contributed by atoms with Crippen molar-refractivity contribution in [3.8, 4) is 0 Å². The summed E-state index contributed by atoms with van der Waals surface area (Å²) in [4.78, 5) is 11.1. The fourth-order valence-corrected chi connectivity index (χ4v) is 2.31.